The van der Waals surface area contributed by atoms with Gasteiger partial charge in [-0.2, -0.15) is 0 Å². The maximum absolute atomic E-state index is 10.0. The van der Waals surface area contributed by atoms with Gasteiger partial charge >= 0.3 is 0 Å². The van der Waals surface area contributed by atoms with Crippen molar-refractivity contribution in [3.8, 4) is 0 Å². The first-order valence-corrected chi connectivity index (χ1v) is 6.22. The molecule has 1 unspecified atom stereocenters. The second-order valence-electron chi connectivity index (χ2n) is 4.27. The lowest BCUT2D eigenvalue weighted by molar-refractivity contribution is 0.150. The number of rotatable bonds is 3. The summed E-state index contributed by atoms with van der Waals surface area (Å²) in [4.78, 5) is 0. The van der Waals surface area contributed by atoms with Gasteiger partial charge in [-0.15, -0.1) is 0 Å². The van der Waals surface area contributed by atoms with E-state index in [-0.39, 0.29) is 0 Å². The molecule has 1 atom stereocenters. The van der Waals surface area contributed by atoms with Crippen LogP contribution in [0.1, 0.15) is 37.5 Å². The number of hydrogen-bond donors (Lipinski definition) is 1. The maximum atomic E-state index is 10.0. The van der Waals surface area contributed by atoms with Crippen LogP contribution >= 0.6 is 27.5 Å². The molecule has 1 N–H and O–H groups in total. The fourth-order valence-electron chi connectivity index (χ4n) is 1.51. The van der Waals surface area contributed by atoms with Crippen molar-refractivity contribution in [1.29, 1.82) is 0 Å². The Morgan fingerprint density at radius 3 is 2.53 bits per heavy atom. The molecule has 0 spiro atoms. The van der Waals surface area contributed by atoms with Gasteiger partial charge in [-0.05, 0) is 36.5 Å². The summed E-state index contributed by atoms with van der Waals surface area (Å²) in [6.45, 7) is 6.14. The number of halogens is 2. The molecule has 1 aromatic carbocycles. The lowest BCUT2D eigenvalue weighted by Gasteiger charge is -2.16. The summed E-state index contributed by atoms with van der Waals surface area (Å²) in [5.41, 5.74) is 1.92. The van der Waals surface area contributed by atoms with Crippen LogP contribution in [-0.2, 0) is 0 Å². The molecule has 0 aliphatic rings. The molecule has 0 aliphatic heterocycles. The molecule has 0 saturated heterocycles. The first-order chi connectivity index (χ1) is 6.91. The van der Waals surface area contributed by atoms with Crippen molar-refractivity contribution in [3.63, 3.8) is 0 Å². The summed E-state index contributed by atoms with van der Waals surface area (Å²) in [7, 11) is 0. The third kappa shape index (κ3) is 3.47. The molecule has 1 nitrogen and oxygen atoms in total. The van der Waals surface area contributed by atoms with Crippen molar-refractivity contribution in [2.24, 2.45) is 5.92 Å². The van der Waals surface area contributed by atoms with E-state index >= 15 is 0 Å². The molecule has 1 aromatic rings. The molecular weight excluding hydrogens is 275 g/mol. The molecule has 84 valence electrons. The number of aliphatic hydroxyl groups is 1. The number of aryl methyl sites for hydroxylation is 1. The molecule has 3 heteroatoms. The van der Waals surface area contributed by atoms with Crippen molar-refractivity contribution < 1.29 is 5.11 Å². The van der Waals surface area contributed by atoms with E-state index in [2.05, 4.69) is 29.8 Å². The maximum Gasteiger partial charge on any atom is 0.0803 e. The standard InChI is InChI=1S/C12H16BrClO/c1-7(2)4-12(15)9-5-8(3)11(14)6-10(9)13/h5-7,12,15H,4H2,1-3H3. The molecule has 0 aliphatic carbocycles. The van der Waals surface area contributed by atoms with Crippen molar-refractivity contribution in [2.45, 2.75) is 33.3 Å². The van der Waals surface area contributed by atoms with Gasteiger partial charge in [-0.3, -0.25) is 0 Å². The van der Waals surface area contributed by atoms with Crippen molar-refractivity contribution in [2.75, 3.05) is 0 Å². The van der Waals surface area contributed by atoms with Gasteiger partial charge < -0.3 is 5.11 Å². The predicted octanol–water partition coefficient (Wildman–Crippen LogP) is 4.49. The average molecular weight is 292 g/mol. The van der Waals surface area contributed by atoms with Crippen LogP contribution < -0.4 is 0 Å². The van der Waals surface area contributed by atoms with E-state index in [0.29, 0.717) is 5.92 Å². The SMILES string of the molecule is Cc1cc(C(O)CC(C)C)c(Br)cc1Cl. The van der Waals surface area contributed by atoms with Gasteiger partial charge in [0.1, 0.15) is 0 Å². The van der Waals surface area contributed by atoms with Gasteiger partial charge in [0, 0.05) is 9.50 Å². The highest BCUT2D eigenvalue weighted by Crippen LogP contribution is 2.32. The summed E-state index contributed by atoms with van der Waals surface area (Å²) >= 11 is 9.41. The summed E-state index contributed by atoms with van der Waals surface area (Å²) in [5, 5.41) is 10.7. The Balaban J connectivity index is 2.98. The van der Waals surface area contributed by atoms with Crippen LogP contribution in [0, 0.1) is 12.8 Å². The minimum Gasteiger partial charge on any atom is -0.388 e. The third-order valence-corrected chi connectivity index (χ3v) is 3.43. The Hall–Kier alpha value is -0.0500. The van der Waals surface area contributed by atoms with Gasteiger partial charge in [-0.25, -0.2) is 0 Å². The van der Waals surface area contributed by atoms with Crippen molar-refractivity contribution >= 4 is 27.5 Å². The zero-order valence-corrected chi connectivity index (χ0v) is 11.6. The Morgan fingerprint density at radius 1 is 1.40 bits per heavy atom. The van der Waals surface area contributed by atoms with E-state index in [1.165, 1.54) is 0 Å². The number of hydrogen-bond acceptors (Lipinski definition) is 1. The summed E-state index contributed by atoms with van der Waals surface area (Å²) in [6.07, 6.45) is 0.343. The number of aliphatic hydroxyl groups excluding tert-OH is 1. The van der Waals surface area contributed by atoms with Gasteiger partial charge in [0.25, 0.3) is 0 Å². The van der Waals surface area contributed by atoms with E-state index in [4.69, 9.17) is 11.6 Å². The normalized spacial score (nSPS) is 13.3. The summed E-state index contributed by atoms with van der Waals surface area (Å²) in [5.74, 6) is 0.475. The largest absolute Gasteiger partial charge is 0.388 e. The van der Waals surface area contributed by atoms with Crippen LogP contribution in [0.4, 0.5) is 0 Å². The second-order valence-corrected chi connectivity index (χ2v) is 5.53. The summed E-state index contributed by atoms with van der Waals surface area (Å²) < 4.78 is 0.881. The quantitative estimate of drug-likeness (QED) is 0.870. The Bertz CT molecular complexity index is 350. The Kier molecular flexibility index (Phi) is 4.63. The third-order valence-electron chi connectivity index (χ3n) is 2.33. The molecule has 0 saturated carbocycles. The monoisotopic (exact) mass is 290 g/mol. The Morgan fingerprint density at radius 2 is 2.00 bits per heavy atom. The second kappa shape index (κ2) is 5.33. The zero-order valence-electron chi connectivity index (χ0n) is 9.22. The first-order valence-electron chi connectivity index (χ1n) is 5.05. The minimum absolute atomic E-state index is 0.421. The van der Waals surface area contributed by atoms with E-state index in [1.54, 1.807) is 0 Å². The summed E-state index contributed by atoms with van der Waals surface area (Å²) in [6, 6.07) is 3.79. The van der Waals surface area contributed by atoms with Crippen LogP contribution in [0.15, 0.2) is 16.6 Å². The van der Waals surface area contributed by atoms with Gasteiger partial charge in [0.05, 0.1) is 6.10 Å². The topological polar surface area (TPSA) is 20.2 Å². The number of benzene rings is 1. The van der Waals surface area contributed by atoms with Crippen LogP contribution in [-0.4, -0.2) is 5.11 Å². The molecular formula is C12H16BrClO. The van der Waals surface area contributed by atoms with E-state index in [1.807, 2.05) is 19.1 Å². The van der Waals surface area contributed by atoms with Crippen LogP contribution in [0.5, 0.6) is 0 Å². The van der Waals surface area contributed by atoms with Crippen molar-refractivity contribution in [3.05, 3.63) is 32.8 Å². The van der Waals surface area contributed by atoms with Gasteiger partial charge in [0.2, 0.25) is 0 Å². The smallest absolute Gasteiger partial charge is 0.0803 e. The van der Waals surface area contributed by atoms with E-state index < -0.39 is 6.10 Å². The van der Waals surface area contributed by atoms with E-state index in [9.17, 15) is 5.11 Å². The van der Waals surface area contributed by atoms with Crippen LogP contribution in [0.2, 0.25) is 5.02 Å². The fraction of sp³-hybridized carbons (Fsp3) is 0.500. The highest BCUT2D eigenvalue weighted by molar-refractivity contribution is 9.10. The molecule has 15 heavy (non-hydrogen) atoms. The van der Waals surface area contributed by atoms with Gasteiger partial charge in [0.15, 0.2) is 0 Å². The Labute approximate surface area is 105 Å². The molecule has 0 amide bonds. The zero-order chi connectivity index (χ0) is 11.6. The fourth-order valence-corrected chi connectivity index (χ4v) is 2.41. The lowest BCUT2D eigenvalue weighted by atomic mass is 9.98. The minimum atomic E-state index is -0.421. The van der Waals surface area contributed by atoms with Gasteiger partial charge in [-0.1, -0.05) is 47.4 Å². The highest BCUT2D eigenvalue weighted by Gasteiger charge is 2.14. The van der Waals surface area contributed by atoms with Crippen molar-refractivity contribution in [1.82, 2.24) is 0 Å². The molecule has 0 aromatic heterocycles. The molecule has 0 radical (unpaired) electrons. The van der Waals surface area contributed by atoms with E-state index in [0.717, 1.165) is 27.0 Å². The van der Waals surface area contributed by atoms with Crippen LogP contribution in [0.25, 0.3) is 0 Å². The first kappa shape index (κ1) is 13.0. The predicted molar refractivity (Wildman–Crippen MR) is 68.3 cm³/mol. The molecule has 0 fully saturated rings. The molecule has 0 bridgehead atoms. The highest BCUT2D eigenvalue weighted by atomic mass is 79.9. The molecule has 1 rings (SSSR count). The average Bonchev–Trinajstić information content (AvgIpc) is 2.09. The molecule has 0 heterocycles. The lowest BCUT2D eigenvalue weighted by Crippen LogP contribution is -2.03. The van der Waals surface area contributed by atoms with Crippen LogP contribution in [0.3, 0.4) is 0 Å².